The summed E-state index contributed by atoms with van der Waals surface area (Å²) in [6, 6.07) is 67.8. The highest BCUT2D eigenvalue weighted by molar-refractivity contribution is 5.63. The lowest BCUT2D eigenvalue weighted by molar-refractivity contribution is 0.123. The highest BCUT2D eigenvalue weighted by atomic mass is 14.9. The molecule has 0 saturated heterocycles. The molecule has 1 aliphatic carbocycles. The Labute approximate surface area is 287 Å². The molecule has 2 unspecified atom stereocenters. The van der Waals surface area contributed by atoms with E-state index in [2.05, 4.69) is 182 Å². The minimum absolute atomic E-state index is 0.105. The molecular weight excluding hydrogens is 579 g/mol. The maximum Gasteiger partial charge on any atom is 0.0566 e. The molecule has 1 heteroatoms. The largest absolute Gasteiger partial charge is 0.320 e. The monoisotopic (exact) mass is 625 g/mol. The predicted octanol–water partition coefficient (Wildman–Crippen LogP) is 11.3. The molecule has 1 saturated carbocycles. The van der Waals surface area contributed by atoms with Gasteiger partial charge in [0.1, 0.15) is 0 Å². The third-order valence-corrected chi connectivity index (χ3v) is 11.2. The van der Waals surface area contributed by atoms with Gasteiger partial charge in [0.25, 0.3) is 0 Å². The van der Waals surface area contributed by atoms with E-state index in [1.807, 2.05) is 0 Å². The molecule has 0 aliphatic heterocycles. The van der Waals surface area contributed by atoms with Crippen LogP contribution in [0.15, 0.2) is 182 Å². The Kier molecular flexibility index (Phi) is 9.41. The second-order valence-corrected chi connectivity index (χ2v) is 13.6. The molecule has 1 aliphatic rings. The van der Waals surface area contributed by atoms with E-state index in [0.717, 1.165) is 25.7 Å². The summed E-state index contributed by atoms with van der Waals surface area (Å²) in [6.07, 6.45) is 7.72. The molecule has 0 spiro atoms. The van der Waals surface area contributed by atoms with E-state index >= 15 is 0 Å². The minimum atomic E-state index is -0.806. The number of hydrogen-bond acceptors (Lipinski definition) is 1. The smallest absolute Gasteiger partial charge is 0.0566 e. The molecule has 2 N–H and O–H groups in total. The van der Waals surface area contributed by atoms with Crippen LogP contribution in [0, 0.1) is 0 Å². The molecule has 1 nitrogen and oxygen atoms in total. The number of benzene rings is 6. The lowest BCUT2D eigenvalue weighted by Crippen LogP contribution is -2.68. The Morgan fingerprint density at radius 3 is 1.19 bits per heavy atom. The quantitative estimate of drug-likeness (QED) is 0.196. The van der Waals surface area contributed by atoms with Crippen molar-refractivity contribution in [1.29, 1.82) is 0 Å². The van der Waals surface area contributed by atoms with Crippen LogP contribution in [0.25, 0.3) is 0 Å². The molecule has 0 heterocycles. The van der Waals surface area contributed by atoms with Gasteiger partial charge < -0.3 is 5.73 Å². The maximum absolute atomic E-state index is 8.56. The number of nitrogens with two attached hydrogens (primary N) is 1. The normalized spacial score (nSPS) is 21.1. The average molecular weight is 626 g/mol. The second-order valence-electron chi connectivity index (χ2n) is 13.6. The maximum atomic E-state index is 8.56. The zero-order valence-electron chi connectivity index (χ0n) is 27.9. The molecule has 0 amide bonds. The van der Waals surface area contributed by atoms with Crippen molar-refractivity contribution in [3.05, 3.63) is 215 Å². The van der Waals surface area contributed by atoms with E-state index in [4.69, 9.17) is 5.73 Å². The lowest BCUT2D eigenvalue weighted by Gasteiger charge is -2.63. The van der Waals surface area contributed by atoms with Crippen LogP contribution in [-0.2, 0) is 16.4 Å². The topological polar surface area (TPSA) is 26.0 Å². The standard InChI is InChI=1S/C47H47N/c48-45(39-26-12-5-13-27-39)37-23-3-1-2-22-36-44(38-24-10-4-11-25-38)46(40-28-14-6-15-29-40,41-30-16-7-17-31-41)47(45,42-32-18-8-19-33-42)43-34-20-9-21-35-43/h4-21,24-35,44H,1-3,22-23,36-37,48H2. The van der Waals surface area contributed by atoms with Gasteiger partial charge in [-0.15, -0.1) is 0 Å². The molecular formula is C47H47N. The first kappa shape index (κ1) is 31.9. The Balaban J connectivity index is 1.80. The summed E-state index contributed by atoms with van der Waals surface area (Å²) in [4.78, 5) is 0. The van der Waals surface area contributed by atoms with Crippen LogP contribution in [-0.4, -0.2) is 0 Å². The summed E-state index contributed by atoms with van der Waals surface area (Å²) in [6.45, 7) is 0. The molecule has 0 radical (unpaired) electrons. The third kappa shape index (κ3) is 5.31. The van der Waals surface area contributed by atoms with Gasteiger partial charge in [0.05, 0.1) is 11.0 Å². The minimum Gasteiger partial charge on any atom is -0.320 e. The SMILES string of the molecule is NC1(c2ccccc2)CCCCCCCC(c2ccccc2)C(c2ccccc2)(c2ccccc2)C1(c1ccccc1)c1ccccc1. The zero-order chi connectivity index (χ0) is 32.7. The lowest BCUT2D eigenvalue weighted by atomic mass is 9.39. The van der Waals surface area contributed by atoms with E-state index in [1.54, 1.807) is 0 Å². The van der Waals surface area contributed by atoms with Crippen molar-refractivity contribution >= 4 is 0 Å². The summed E-state index contributed by atoms with van der Waals surface area (Å²) < 4.78 is 0. The Bertz CT molecular complexity index is 1760. The molecule has 1 fully saturated rings. The van der Waals surface area contributed by atoms with Gasteiger partial charge in [-0.05, 0) is 52.1 Å². The van der Waals surface area contributed by atoms with Crippen molar-refractivity contribution in [2.45, 2.75) is 67.2 Å². The fourth-order valence-electron chi connectivity index (χ4n) is 9.42. The van der Waals surface area contributed by atoms with Gasteiger partial charge in [0, 0.05) is 5.41 Å². The third-order valence-electron chi connectivity index (χ3n) is 11.2. The van der Waals surface area contributed by atoms with Crippen LogP contribution in [0.1, 0.15) is 84.2 Å². The Hall–Kier alpha value is -4.72. The van der Waals surface area contributed by atoms with Gasteiger partial charge >= 0.3 is 0 Å². The van der Waals surface area contributed by atoms with E-state index in [0.29, 0.717) is 0 Å². The van der Waals surface area contributed by atoms with E-state index in [1.165, 1.54) is 52.6 Å². The second kappa shape index (κ2) is 14.2. The summed E-state index contributed by atoms with van der Waals surface area (Å²) in [5.74, 6) is 0.105. The highest BCUT2D eigenvalue weighted by Gasteiger charge is 2.67. The number of rotatable bonds is 6. The van der Waals surface area contributed by atoms with Crippen LogP contribution >= 0.6 is 0 Å². The van der Waals surface area contributed by atoms with E-state index in [-0.39, 0.29) is 5.92 Å². The molecule has 48 heavy (non-hydrogen) atoms. The average Bonchev–Trinajstić information content (AvgIpc) is 3.19. The van der Waals surface area contributed by atoms with Gasteiger partial charge in [-0.1, -0.05) is 214 Å². The molecule has 6 aromatic carbocycles. The molecule has 6 aromatic rings. The van der Waals surface area contributed by atoms with Crippen LogP contribution in [0.2, 0.25) is 0 Å². The van der Waals surface area contributed by atoms with E-state index in [9.17, 15) is 0 Å². The first-order chi connectivity index (χ1) is 23.7. The fourth-order valence-corrected chi connectivity index (χ4v) is 9.42. The molecule has 0 aromatic heterocycles. The molecule has 7 rings (SSSR count). The Morgan fingerprint density at radius 1 is 0.375 bits per heavy atom. The summed E-state index contributed by atoms with van der Waals surface area (Å²) in [5.41, 5.74) is 14.0. The molecule has 240 valence electrons. The predicted molar refractivity (Wildman–Crippen MR) is 201 cm³/mol. The summed E-state index contributed by atoms with van der Waals surface area (Å²) in [7, 11) is 0. The molecule has 0 bridgehead atoms. The van der Waals surface area contributed by atoms with Crippen molar-refractivity contribution in [2.75, 3.05) is 0 Å². The first-order valence-electron chi connectivity index (χ1n) is 17.8. The van der Waals surface area contributed by atoms with Gasteiger partial charge in [-0.25, -0.2) is 0 Å². The van der Waals surface area contributed by atoms with Crippen molar-refractivity contribution in [1.82, 2.24) is 0 Å². The first-order valence-corrected chi connectivity index (χ1v) is 17.8. The summed E-state index contributed by atoms with van der Waals surface area (Å²) >= 11 is 0. The van der Waals surface area contributed by atoms with Gasteiger partial charge in [-0.3, -0.25) is 0 Å². The van der Waals surface area contributed by atoms with Crippen LogP contribution in [0.3, 0.4) is 0 Å². The van der Waals surface area contributed by atoms with Gasteiger partial charge in [0.15, 0.2) is 0 Å². The Morgan fingerprint density at radius 2 is 0.729 bits per heavy atom. The highest BCUT2D eigenvalue weighted by Crippen LogP contribution is 2.67. The number of hydrogen-bond donors (Lipinski definition) is 1. The van der Waals surface area contributed by atoms with Crippen molar-refractivity contribution in [2.24, 2.45) is 5.73 Å². The van der Waals surface area contributed by atoms with Gasteiger partial charge in [-0.2, -0.15) is 0 Å². The van der Waals surface area contributed by atoms with E-state index < -0.39 is 16.4 Å². The summed E-state index contributed by atoms with van der Waals surface area (Å²) in [5, 5.41) is 0. The van der Waals surface area contributed by atoms with Crippen LogP contribution < -0.4 is 5.73 Å². The van der Waals surface area contributed by atoms with Crippen molar-refractivity contribution < 1.29 is 0 Å². The van der Waals surface area contributed by atoms with Crippen molar-refractivity contribution in [3.8, 4) is 0 Å². The zero-order valence-corrected chi connectivity index (χ0v) is 27.9. The molecule has 2 atom stereocenters. The van der Waals surface area contributed by atoms with Crippen LogP contribution in [0.4, 0.5) is 0 Å². The fraction of sp³-hybridized carbons (Fsp3) is 0.234. The van der Waals surface area contributed by atoms with Gasteiger partial charge in [0.2, 0.25) is 0 Å². The van der Waals surface area contributed by atoms with Crippen molar-refractivity contribution in [3.63, 3.8) is 0 Å². The van der Waals surface area contributed by atoms with Crippen LogP contribution in [0.5, 0.6) is 0 Å².